The third kappa shape index (κ3) is 4.25. The molecule has 0 unspecified atom stereocenters. The van der Waals surface area contributed by atoms with Crippen LogP contribution in [0.15, 0.2) is 67.2 Å². The molecule has 0 aliphatic heterocycles. The maximum absolute atomic E-state index is 14.5. The van der Waals surface area contributed by atoms with Gasteiger partial charge in [-0.05, 0) is 11.1 Å². The summed E-state index contributed by atoms with van der Waals surface area (Å²) in [4.78, 5) is 24.2. The van der Waals surface area contributed by atoms with Crippen molar-refractivity contribution in [3.8, 4) is 0 Å². The highest BCUT2D eigenvalue weighted by molar-refractivity contribution is 6.16. The standard InChI is InChI=1S/C24H16F4O4/c1-13(16-18(25)20(27)17(24(30)31-2)21(28)19(16)26)23(29)32-22(14-9-5-3-6-10-14)15-11-7-4-8-12-15/h3-12,22H,1H2,2H3. The molecule has 0 spiro atoms. The number of hydrogen-bond acceptors (Lipinski definition) is 4. The second kappa shape index (κ2) is 9.47. The second-order valence-corrected chi connectivity index (χ2v) is 6.58. The van der Waals surface area contributed by atoms with E-state index in [9.17, 15) is 27.2 Å². The molecule has 0 aliphatic rings. The van der Waals surface area contributed by atoms with Crippen LogP contribution >= 0.6 is 0 Å². The quantitative estimate of drug-likeness (QED) is 0.222. The van der Waals surface area contributed by atoms with Gasteiger partial charge in [-0.2, -0.15) is 0 Å². The molecule has 164 valence electrons. The molecule has 0 aliphatic carbocycles. The molecule has 0 heterocycles. The Balaban J connectivity index is 2.01. The Morgan fingerprint density at radius 3 is 1.56 bits per heavy atom. The fraction of sp³-hybridized carbons (Fsp3) is 0.0833. The van der Waals surface area contributed by atoms with Crippen LogP contribution in [0.25, 0.3) is 5.57 Å². The van der Waals surface area contributed by atoms with Crippen LogP contribution in [0.4, 0.5) is 17.6 Å². The molecule has 0 radical (unpaired) electrons. The first-order chi connectivity index (χ1) is 15.3. The average molecular weight is 444 g/mol. The van der Waals surface area contributed by atoms with Crippen LogP contribution in [0.5, 0.6) is 0 Å². The summed E-state index contributed by atoms with van der Waals surface area (Å²) in [6.07, 6.45) is -0.989. The number of rotatable bonds is 6. The minimum absolute atomic E-state index is 0.541. The van der Waals surface area contributed by atoms with E-state index in [0.717, 1.165) is 7.11 Å². The fourth-order valence-corrected chi connectivity index (χ4v) is 3.04. The van der Waals surface area contributed by atoms with E-state index in [1.165, 1.54) is 0 Å². The van der Waals surface area contributed by atoms with Gasteiger partial charge in [0.2, 0.25) is 0 Å². The zero-order chi connectivity index (χ0) is 23.4. The van der Waals surface area contributed by atoms with Gasteiger partial charge in [0.25, 0.3) is 0 Å². The molecule has 0 N–H and O–H groups in total. The SMILES string of the molecule is C=C(C(=O)OC(c1ccccc1)c1ccccc1)c1c(F)c(F)c(C(=O)OC)c(F)c1F. The minimum Gasteiger partial charge on any atom is -0.465 e. The van der Waals surface area contributed by atoms with E-state index < -0.39 is 58.0 Å². The van der Waals surface area contributed by atoms with Gasteiger partial charge in [-0.1, -0.05) is 67.2 Å². The summed E-state index contributed by atoms with van der Waals surface area (Å²) in [6.45, 7) is 3.26. The van der Waals surface area contributed by atoms with Gasteiger partial charge in [-0.3, -0.25) is 0 Å². The van der Waals surface area contributed by atoms with E-state index in [1.807, 2.05) is 0 Å². The number of ether oxygens (including phenoxy) is 2. The third-order valence-corrected chi connectivity index (χ3v) is 4.63. The number of esters is 2. The van der Waals surface area contributed by atoms with E-state index >= 15 is 0 Å². The molecule has 4 nitrogen and oxygen atoms in total. The van der Waals surface area contributed by atoms with E-state index in [4.69, 9.17) is 4.74 Å². The van der Waals surface area contributed by atoms with E-state index in [2.05, 4.69) is 11.3 Å². The van der Waals surface area contributed by atoms with Gasteiger partial charge >= 0.3 is 11.9 Å². The van der Waals surface area contributed by atoms with Crippen LogP contribution in [0, 0.1) is 23.3 Å². The van der Waals surface area contributed by atoms with Gasteiger partial charge in [0, 0.05) is 0 Å². The molecule has 0 amide bonds. The van der Waals surface area contributed by atoms with Crippen molar-refractivity contribution in [1.82, 2.24) is 0 Å². The molecule has 0 fully saturated rings. The van der Waals surface area contributed by atoms with Crippen molar-refractivity contribution in [3.63, 3.8) is 0 Å². The first-order valence-electron chi connectivity index (χ1n) is 9.22. The Bertz CT molecular complexity index is 1110. The van der Waals surface area contributed by atoms with E-state index in [0.29, 0.717) is 11.1 Å². The zero-order valence-corrected chi connectivity index (χ0v) is 16.7. The Hall–Kier alpha value is -3.94. The van der Waals surface area contributed by atoms with Gasteiger partial charge < -0.3 is 9.47 Å². The highest BCUT2D eigenvalue weighted by Crippen LogP contribution is 2.32. The van der Waals surface area contributed by atoms with Gasteiger partial charge in [0.15, 0.2) is 29.4 Å². The highest BCUT2D eigenvalue weighted by Gasteiger charge is 2.33. The minimum atomic E-state index is -2.01. The van der Waals surface area contributed by atoms with Crippen LogP contribution in [-0.4, -0.2) is 19.0 Å². The van der Waals surface area contributed by atoms with Crippen molar-refractivity contribution in [2.75, 3.05) is 7.11 Å². The number of carbonyl (C=O) groups excluding carboxylic acids is 2. The number of hydrogen-bond donors (Lipinski definition) is 0. The number of carbonyl (C=O) groups is 2. The maximum Gasteiger partial charge on any atom is 0.344 e. The lowest BCUT2D eigenvalue weighted by atomic mass is 10.00. The first kappa shape index (κ1) is 22.7. The summed E-state index contributed by atoms with van der Waals surface area (Å²) < 4.78 is 67.2. The summed E-state index contributed by atoms with van der Waals surface area (Å²) in [7, 11) is 0.786. The summed E-state index contributed by atoms with van der Waals surface area (Å²) >= 11 is 0. The predicted molar refractivity (Wildman–Crippen MR) is 107 cm³/mol. The number of halogens is 4. The fourth-order valence-electron chi connectivity index (χ4n) is 3.04. The van der Waals surface area contributed by atoms with Gasteiger partial charge in [-0.25, -0.2) is 27.2 Å². The number of benzene rings is 3. The summed E-state index contributed by atoms with van der Waals surface area (Å²) in [5, 5.41) is 0. The van der Waals surface area contributed by atoms with Crippen molar-refractivity contribution in [1.29, 1.82) is 0 Å². The van der Waals surface area contributed by atoms with Crippen molar-refractivity contribution in [3.05, 3.63) is 113 Å². The van der Waals surface area contributed by atoms with E-state index in [1.54, 1.807) is 60.7 Å². The maximum atomic E-state index is 14.5. The normalized spacial score (nSPS) is 10.7. The van der Waals surface area contributed by atoms with Crippen LogP contribution in [-0.2, 0) is 14.3 Å². The molecule has 0 saturated heterocycles. The smallest absolute Gasteiger partial charge is 0.344 e. The lowest BCUT2D eigenvalue weighted by molar-refractivity contribution is -0.140. The van der Waals surface area contributed by atoms with E-state index in [-0.39, 0.29) is 0 Å². The summed E-state index contributed by atoms with van der Waals surface area (Å²) in [5.41, 5.74) is -2.82. The highest BCUT2D eigenvalue weighted by atomic mass is 19.2. The van der Waals surface area contributed by atoms with Gasteiger partial charge in [-0.15, -0.1) is 0 Å². The van der Waals surface area contributed by atoms with Crippen LogP contribution in [0.2, 0.25) is 0 Å². The Morgan fingerprint density at radius 2 is 1.16 bits per heavy atom. The molecule has 3 rings (SSSR count). The Labute approximate surface area is 180 Å². The monoisotopic (exact) mass is 444 g/mol. The molecule has 3 aromatic rings. The van der Waals surface area contributed by atoms with Crippen LogP contribution in [0.1, 0.15) is 33.2 Å². The van der Waals surface area contributed by atoms with Crippen molar-refractivity contribution in [2.45, 2.75) is 6.10 Å². The lowest BCUT2D eigenvalue weighted by Gasteiger charge is -2.20. The molecule has 8 heteroatoms. The molecule has 32 heavy (non-hydrogen) atoms. The largest absolute Gasteiger partial charge is 0.465 e. The molecular weight excluding hydrogens is 428 g/mol. The molecule has 0 saturated carbocycles. The topological polar surface area (TPSA) is 52.6 Å². The number of methoxy groups -OCH3 is 1. The lowest BCUT2D eigenvalue weighted by Crippen LogP contribution is -2.18. The molecule has 3 aromatic carbocycles. The summed E-state index contributed by atoms with van der Waals surface area (Å²) in [5.74, 6) is -10.9. The molecular formula is C24H16F4O4. The van der Waals surface area contributed by atoms with Crippen LogP contribution < -0.4 is 0 Å². The third-order valence-electron chi connectivity index (χ3n) is 4.63. The predicted octanol–water partition coefficient (Wildman–Crippen LogP) is 5.38. The Morgan fingerprint density at radius 1 is 0.750 bits per heavy atom. The molecule has 0 atom stereocenters. The second-order valence-electron chi connectivity index (χ2n) is 6.58. The first-order valence-corrected chi connectivity index (χ1v) is 9.22. The zero-order valence-electron chi connectivity index (χ0n) is 16.7. The summed E-state index contributed by atoms with van der Waals surface area (Å²) in [6, 6.07) is 16.9. The van der Waals surface area contributed by atoms with Crippen molar-refractivity contribution in [2.24, 2.45) is 0 Å². The van der Waals surface area contributed by atoms with Crippen molar-refractivity contribution >= 4 is 17.5 Å². The molecule has 0 aromatic heterocycles. The Kier molecular flexibility index (Phi) is 6.73. The van der Waals surface area contributed by atoms with Crippen molar-refractivity contribution < 1.29 is 36.6 Å². The van der Waals surface area contributed by atoms with Gasteiger partial charge in [0.05, 0.1) is 18.2 Å². The molecule has 0 bridgehead atoms. The average Bonchev–Trinajstić information content (AvgIpc) is 2.82. The van der Waals surface area contributed by atoms with Crippen LogP contribution in [0.3, 0.4) is 0 Å². The van der Waals surface area contributed by atoms with Gasteiger partial charge in [0.1, 0.15) is 5.56 Å².